The molecule has 1 nitrogen and oxygen atoms in total. The van der Waals surface area contributed by atoms with Gasteiger partial charge in [0.15, 0.2) is 0 Å². The monoisotopic (exact) mass is 259 g/mol. The maximum absolute atomic E-state index is 3.73. The van der Waals surface area contributed by atoms with Gasteiger partial charge in [-0.1, -0.05) is 50.1 Å². The molecule has 0 aromatic heterocycles. The molecule has 19 heavy (non-hydrogen) atoms. The first-order valence-corrected chi connectivity index (χ1v) is 7.76. The van der Waals surface area contributed by atoms with Crippen LogP contribution in [0.15, 0.2) is 30.3 Å². The normalized spacial score (nSPS) is 27.1. The lowest BCUT2D eigenvalue weighted by molar-refractivity contribution is 0.120. The van der Waals surface area contributed by atoms with Crippen LogP contribution in [0, 0.1) is 5.92 Å². The Morgan fingerprint density at radius 2 is 1.79 bits per heavy atom. The van der Waals surface area contributed by atoms with Gasteiger partial charge in [-0.2, -0.15) is 0 Å². The van der Waals surface area contributed by atoms with E-state index in [9.17, 15) is 0 Å². The Hall–Kier alpha value is -0.820. The third-order valence-electron chi connectivity index (χ3n) is 4.40. The molecular weight excluding hydrogens is 230 g/mol. The van der Waals surface area contributed by atoms with E-state index in [4.69, 9.17) is 0 Å². The maximum Gasteiger partial charge on any atom is 0.00968 e. The predicted octanol–water partition coefficient (Wildman–Crippen LogP) is 4.52. The van der Waals surface area contributed by atoms with Gasteiger partial charge in [-0.05, 0) is 45.1 Å². The second-order valence-corrected chi connectivity index (χ2v) is 7.31. The SMILES string of the molecule is CCCC1CC(CNC(C)(C)C)(c2ccccc2)C1. The van der Waals surface area contributed by atoms with E-state index in [-0.39, 0.29) is 5.54 Å². The number of benzene rings is 1. The third-order valence-corrected chi connectivity index (χ3v) is 4.40. The van der Waals surface area contributed by atoms with Gasteiger partial charge >= 0.3 is 0 Å². The topological polar surface area (TPSA) is 12.0 Å². The van der Waals surface area contributed by atoms with E-state index in [1.807, 2.05) is 0 Å². The molecule has 0 radical (unpaired) electrons. The minimum Gasteiger partial charge on any atom is -0.311 e. The second kappa shape index (κ2) is 5.66. The van der Waals surface area contributed by atoms with E-state index >= 15 is 0 Å². The van der Waals surface area contributed by atoms with Crippen molar-refractivity contribution in [2.24, 2.45) is 5.92 Å². The summed E-state index contributed by atoms with van der Waals surface area (Å²) in [5.74, 6) is 0.937. The van der Waals surface area contributed by atoms with Crippen LogP contribution in [0.1, 0.15) is 58.9 Å². The van der Waals surface area contributed by atoms with Crippen molar-refractivity contribution in [1.82, 2.24) is 5.32 Å². The van der Waals surface area contributed by atoms with Crippen LogP contribution in [0.3, 0.4) is 0 Å². The standard InChI is InChI=1S/C18H29N/c1-5-9-15-12-18(13-15,14-19-17(2,3)4)16-10-7-6-8-11-16/h6-8,10-11,15,19H,5,9,12-14H2,1-4H3. The number of nitrogens with one attached hydrogen (secondary N) is 1. The molecule has 1 saturated carbocycles. The predicted molar refractivity (Wildman–Crippen MR) is 83.5 cm³/mol. The minimum atomic E-state index is 0.206. The molecule has 0 amide bonds. The summed E-state index contributed by atoms with van der Waals surface area (Å²) in [4.78, 5) is 0. The second-order valence-electron chi connectivity index (χ2n) is 7.31. The van der Waals surface area contributed by atoms with E-state index in [2.05, 4.69) is 63.3 Å². The first kappa shape index (κ1) is 14.6. The van der Waals surface area contributed by atoms with E-state index in [1.54, 1.807) is 0 Å². The first-order chi connectivity index (χ1) is 8.95. The molecule has 1 aliphatic carbocycles. The Bertz CT molecular complexity index is 382. The molecule has 1 aliphatic rings. The van der Waals surface area contributed by atoms with Gasteiger partial charge in [0.2, 0.25) is 0 Å². The van der Waals surface area contributed by atoms with Crippen molar-refractivity contribution >= 4 is 0 Å². The highest BCUT2D eigenvalue weighted by Crippen LogP contribution is 2.49. The lowest BCUT2D eigenvalue weighted by atomic mass is 9.57. The van der Waals surface area contributed by atoms with Crippen molar-refractivity contribution in [3.63, 3.8) is 0 Å². The summed E-state index contributed by atoms with van der Waals surface area (Å²) >= 11 is 0. The molecular formula is C18H29N. The van der Waals surface area contributed by atoms with Gasteiger partial charge in [-0.3, -0.25) is 0 Å². The van der Waals surface area contributed by atoms with Crippen LogP contribution in [0.2, 0.25) is 0 Å². The fourth-order valence-corrected chi connectivity index (χ4v) is 3.37. The van der Waals surface area contributed by atoms with Crippen molar-refractivity contribution < 1.29 is 0 Å². The number of hydrogen-bond donors (Lipinski definition) is 1. The quantitative estimate of drug-likeness (QED) is 0.819. The zero-order chi connectivity index (χ0) is 13.9. The Morgan fingerprint density at radius 1 is 1.16 bits per heavy atom. The van der Waals surface area contributed by atoms with Crippen molar-refractivity contribution in [3.05, 3.63) is 35.9 Å². The summed E-state index contributed by atoms with van der Waals surface area (Å²) in [7, 11) is 0. The van der Waals surface area contributed by atoms with Gasteiger partial charge in [0.1, 0.15) is 0 Å². The van der Waals surface area contributed by atoms with Crippen LogP contribution in [0.4, 0.5) is 0 Å². The summed E-state index contributed by atoms with van der Waals surface area (Å²) in [5.41, 5.74) is 2.12. The smallest absolute Gasteiger partial charge is 0.00968 e. The lowest BCUT2D eigenvalue weighted by Gasteiger charge is -2.50. The summed E-state index contributed by atoms with van der Waals surface area (Å²) in [6.07, 6.45) is 5.42. The van der Waals surface area contributed by atoms with Crippen LogP contribution < -0.4 is 5.32 Å². The van der Waals surface area contributed by atoms with Gasteiger partial charge in [0.05, 0.1) is 0 Å². The highest BCUT2D eigenvalue weighted by atomic mass is 15.0. The summed E-state index contributed by atoms with van der Waals surface area (Å²) in [6.45, 7) is 10.2. The zero-order valence-corrected chi connectivity index (χ0v) is 13.0. The highest BCUT2D eigenvalue weighted by Gasteiger charge is 2.44. The molecule has 0 saturated heterocycles. The van der Waals surface area contributed by atoms with E-state index in [0.29, 0.717) is 5.41 Å². The van der Waals surface area contributed by atoms with E-state index < -0.39 is 0 Å². The Labute approximate surface area is 118 Å². The zero-order valence-electron chi connectivity index (χ0n) is 13.0. The fraction of sp³-hybridized carbons (Fsp3) is 0.667. The highest BCUT2D eigenvalue weighted by molar-refractivity contribution is 5.29. The Morgan fingerprint density at radius 3 is 2.32 bits per heavy atom. The molecule has 1 N–H and O–H groups in total. The minimum absolute atomic E-state index is 0.206. The van der Waals surface area contributed by atoms with Crippen LogP contribution in [0.25, 0.3) is 0 Å². The average Bonchev–Trinajstić information content (AvgIpc) is 2.32. The van der Waals surface area contributed by atoms with Crippen molar-refractivity contribution in [2.45, 2.75) is 64.3 Å². The van der Waals surface area contributed by atoms with Gasteiger partial charge in [0.25, 0.3) is 0 Å². The van der Waals surface area contributed by atoms with Gasteiger partial charge < -0.3 is 5.32 Å². The lowest BCUT2D eigenvalue weighted by Crippen LogP contribution is -2.52. The molecule has 0 bridgehead atoms. The Kier molecular flexibility index (Phi) is 4.35. The molecule has 1 fully saturated rings. The molecule has 0 aliphatic heterocycles. The van der Waals surface area contributed by atoms with E-state index in [0.717, 1.165) is 12.5 Å². The number of hydrogen-bond acceptors (Lipinski definition) is 1. The van der Waals surface area contributed by atoms with Gasteiger partial charge in [-0.15, -0.1) is 0 Å². The first-order valence-electron chi connectivity index (χ1n) is 7.76. The molecule has 1 aromatic carbocycles. The Balaban J connectivity index is 2.08. The molecule has 0 unspecified atom stereocenters. The van der Waals surface area contributed by atoms with Crippen LogP contribution in [-0.4, -0.2) is 12.1 Å². The molecule has 1 heteroatoms. The van der Waals surface area contributed by atoms with E-state index in [1.165, 1.54) is 31.2 Å². The largest absolute Gasteiger partial charge is 0.311 e. The summed E-state index contributed by atoms with van der Waals surface area (Å²) in [6, 6.07) is 11.1. The summed E-state index contributed by atoms with van der Waals surface area (Å²) < 4.78 is 0. The third kappa shape index (κ3) is 3.60. The van der Waals surface area contributed by atoms with Crippen LogP contribution >= 0.6 is 0 Å². The van der Waals surface area contributed by atoms with Crippen molar-refractivity contribution in [1.29, 1.82) is 0 Å². The summed E-state index contributed by atoms with van der Waals surface area (Å²) in [5, 5.41) is 3.73. The van der Waals surface area contributed by atoms with Crippen LogP contribution in [0.5, 0.6) is 0 Å². The molecule has 0 atom stereocenters. The number of rotatable bonds is 5. The maximum atomic E-state index is 3.73. The fourth-order valence-electron chi connectivity index (χ4n) is 3.37. The average molecular weight is 259 g/mol. The van der Waals surface area contributed by atoms with Crippen LogP contribution in [-0.2, 0) is 5.41 Å². The van der Waals surface area contributed by atoms with Crippen molar-refractivity contribution in [3.8, 4) is 0 Å². The van der Waals surface area contributed by atoms with Crippen molar-refractivity contribution in [2.75, 3.05) is 6.54 Å². The molecule has 2 rings (SSSR count). The molecule has 106 valence electrons. The molecule has 1 aromatic rings. The van der Waals surface area contributed by atoms with Gasteiger partial charge in [0, 0.05) is 17.5 Å². The van der Waals surface area contributed by atoms with Gasteiger partial charge in [-0.25, -0.2) is 0 Å². The molecule has 0 spiro atoms. The molecule has 0 heterocycles.